The summed E-state index contributed by atoms with van der Waals surface area (Å²) in [5, 5.41) is 10.6. The molecule has 2 rings (SSSR count). The quantitative estimate of drug-likeness (QED) is 0.669. The summed E-state index contributed by atoms with van der Waals surface area (Å²) in [5.41, 5.74) is 0.903. The van der Waals surface area contributed by atoms with E-state index in [1.54, 1.807) is 32.7 Å². The molecule has 1 N–H and O–H groups in total. The SMILES string of the molecule is C=C(C)/C=C\C(=C)O.COc1cc2ccncc2cc1OC. The van der Waals surface area contributed by atoms with Crippen molar-refractivity contribution in [2.75, 3.05) is 14.2 Å². The molecule has 0 amide bonds. The molecule has 1 aromatic heterocycles. The summed E-state index contributed by atoms with van der Waals surface area (Å²) >= 11 is 0. The number of fused-ring (bicyclic) bond motifs is 1. The van der Waals surface area contributed by atoms with Crippen LogP contribution in [0.5, 0.6) is 11.5 Å². The second-order valence-corrected chi connectivity index (χ2v) is 4.60. The Morgan fingerprint density at radius 3 is 2.14 bits per heavy atom. The van der Waals surface area contributed by atoms with Gasteiger partial charge in [0.1, 0.15) is 5.76 Å². The molecule has 0 aliphatic carbocycles. The Balaban J connectivity index is 0.000000261. The number of rotatable bonds is 4. The van der Waals surface area contributed by atoms with Gasteiger partial charge in [0, 0.05) is 17.8 Å². The van der Waals surface area contributed by atoms with Crippen molar-refractivity contribution in [2.24, 2.45) is 0 Å². The molecule has 0 spiro atoms. The zero-order chi connectivity index (χ0) is 16.5. The zero-order valence-electron chi connectivity index (χ0n) is 13.2. The lowest BCUT2D eigenvalue weighted by molar-refractivity contribution is 0.356. The Morgan fingerprint density at radius 2 is 1.68 bits per heavy atom. The molecule has 0 unspecified atom stereocenters. The molecule has 2 aromatic rings. The van der Waals surface area contributed by atoms with Crippen molar-refractivity contribution < 1.29 is 14.6 Å². The van der Waals surface area contributed by atoms with E-state index in [1.165, 1.54) is 6.08 Å². The molecule has 0 aliphatic rings. The average molecular weight is 299 g/mol. The third kappa shape index (κ3) is 5.32. The predicted octanol–water partition coefficient (Wildman–Crippen LogP) is 4.44. The molecule has 4 heteroatoms. The Kier molecular flexibility index (Phi) is 6.70. The van der Waals surface area contributed by atoms with Crippen molar-refractivity contribution >= 4 is 10.8 Å². The van der Waals surface area contributed by atoms with Gasteiger partial charge in [-0.25, -0.2) is 0 Å². The van der Waals surface area contributed by atoms with Crippen LogP contribution in [-0.4, -0.2) is 24.3 Å². The van der Waals surface area contributed by atoms with Gasteiger partial charge in [0.15, 0.2) is 11.5 Å². The molecule has 1 heterocycles. The molecule has 0 bridgehead atoms. The van der Waals surface area contributed by atoms with E-state index in [0.717, 1.165) is 27.8 Å². The Morgan fingerprint density at radius 1 is 1.09 bits per heavy atom. The summed E-state index contributed by atoms with van der Waals surface area (Å²) in [4.78, 5) is 4.05. The van der Waals surface area contributed by atoms with Crippen molar-refractivity contribution in [3.05, 3.63) is 67.2 Å². The average Bonchev–Trinajstić information content (AvgIpc) is 2.52. The van der Waals surface area contributed by atoms with Gasteiger partial charge in [-0.05, 0) is 36.6 Å². The molecular formula is C18H21NO3. The van der Waals surface area contributed by atoms with Gasteiger partial charge < -0.3 is 14.6 Å². The Bertz CT molecular complexity index is 631. The lowest BCUT2D eigenvalue weighted by atomic mass is 10.1. The van der Waals surface area contributed by atoms with Gasteiger partial charge in [0.25, 0.3) is 0 Å². The molecule has 0 saturated heterocycles. The van der Waals surface area contributed by atoms with Crippen LogP contribution in [0.3, 0.4) is 0 Å². The third-order valence-electron chi connectivity index (χ3n) is 2.70. The second kappa shape index (κ2) is 8.52. The van der Waals surface area contributed by atoms with Crippen LogP contribution in [0.2, 0.25) is 0 Å². The van der Waals surface area contributed by atoms with Gasteiger partial charge >= 0.3 is 0 Å². The number of hydrogen-bond acceptors (Lipinski definition) is 4. The fraction of sp³-hybridized carbons (Fsp3) is 0.167. The smallest absolute Gasteiger partial charge is 0.161 e. The molecule has 116 valence electrons. The maximum Gasteiger partial charge on any atom is 0.161 e. The van der Waals surface area contributed by atoms with E-state index >= 15 is 0 Å². The van der Waals surface area contributed by atoms with E-state index in [1.807, 2.05) is 25.1 Å². The minimum absolute atomic E-state index is 0.0630. The van der Waals surface area contributed by atoms with Gasteiger partial charge in [-0.2, -0.15) is 0 Å². The zero-order valence-corrected chi connectivity index (χ0v) is 13.2. The van der Waals surface area contributed by atoms with Crippen LogP contribution in [0.4, 0.5) is 0 Å². The molecule has 4 nitrogen and oxygen atoms in total. The number of benzene rings is 1. The number of ether oxygens (including phenoxy) is 2. The summed E-state index contributed by atoms with van der Waals surface area (Å²) in [7, 11) is 3.25. The van der Waals surface area contributed by atoms with Crippen molar-refractivity contribution in [3.63, 3.8) is 0 Å². The van der Waals surface area contributed by atoms with Gasteiger partial charge in [-0.15, -0.1) is 0 Å². The molecule has 0 atom stereocenters. The van der Waals surface area contributed by atoms with E-state index in [4.69, 9.17) is 14.6 Å². The minimum Gasteiger partial charge on any atom is -0.509 e. The van der Waals surface area contributed by atoms with Crippen molar-refractivity contribution in [2.45, 2.75) is 6.92 Å². The first-order valence-electron chi connectivity index (χ1n) is 6.65. The van der Waals surface area contributed by atoms with Crippen LogP contribution in [0.25, 0.3) is 10.8 Å². The lowest BCUT2D eigenvalue weighted by Crippen LogP contribution is -1.90. The largest absolute Gasteiger partial charge is 0.509 e. The van der Waals surface area contributed by atoms with Crippen LogP contribution in [-0.2, 0) is 0 Å². The van der Waals surface area contributed by atoms with E-state index in [2.05, 4.69) is 18.1 Å². The predicted molar refractivity (Wildman–Crippen MR) is 90.6 cm³/mol. The maximum absolute atomic E-state index is 8.48. The van der Waals surface area contributed by atoms with Gasteiger partial charge in [0.2, 0.25) is 0 Å². The number of allylic oxidation sites excluding steroid dienone is 3. The van der Waals surface area contributed by atoms with E-state index in [-0.39, 0.29) is 5.76 Å². The van der Waals surface area contributed by atoms with Crippen LogP contribution in [0.15, 0.2) is 67.2 Å². The Hall–Kier alpha value is -2.75. The highest BCUT2D eigenvalue weighted by Crippen LogP contribution is 2.31. The summed E-state index contributed by atoms with van der Waals surface area (Å²) in [5.74, 6) is 1.53. The van der Waals surface area contributed by atoms with Crippen molar-refractivity contribution in [1.29, 1.82) is 0 Å². The number of aromatic nitrogens is 1. The van der Waals surface area contributed by atoms with Crippen LogP contribution in [0, 0.1) is 0 Å². The molecule has 0 fully saturated rings. The first-order chi connectivity index (χ1) is 10.5. The molecule has 0 aliphatic heterocycles. The van der Waals surface area contributed by atoms with Crippen molar-refractivity contribution in [3.8, 4) is 11.5 Å². The standard InChI is InChI=1S/C11H11NO2.C7H10O/c1-13-10-5-8-3-4-12-7-9(8)6-11(10)14-2;1-6(2)4-5-7(3)8/h3-7H,1-2H3;4-5,8H,1,3H2,2H3/b;5-4-. The molecule has 0 saturated carbocycles. The second-order valence-electron chi connectivity index (χ2n) is 4.60. The molecular weight excluding hydrogens is 278 g/mol. The number of aliphatic hydroxyl groups excluding tert-OH is 1. The van der Waals surface area contributed by atoms with Crippen molar-refractivity contribution in [1.82, 2.24) is 4.98 Å². The summed E-state index contributed by atoms with van der Waals surface area (Å²) in [6, 6.07) is 5.80. The fourth-order valence-electron chi connectivity index (χ4n) is 1.65. The van der Waals surface area contributed by atoms with Gasteiger partial charge in [-0.3, -0.25) is 4.98 Å². The normalized spacial score (nSPS) is 9.95. The number of hydrogen-bond donors (Lipinski definition) is 1. The van der Waals surface area contributed by atoms with E-state index in [9.17, 15) is 0 Å². The van der Waals surface area contributed by atoms with E-state index < -0.39 is 0 Å². The van der Waals surface area contributed by atoms with Gasteiger partial charge in [0.05, 0.1) is 14.2 Å². The fourth-order valence-corrected chi connectivity index (χ4v) is 1.65. The molecule has 1 aromatic carbocycles. The topological polar surface area (TPSA) is 51.6 Å². The number of pyridine rings is 1. The van der Waals surface area contributed by atoms with Crippen LogP contribution in [0.1, 0.15) is 6.92 Å². The number of nitrogens with zero attached hydrogens (tertiary/aromatic N) is 1. The highest BCUT2D eigenvalue weighted by molar-refractivity contribution is 5.85. The monoisotopic (exact) mass is 299 g/mol. The maximum atomic E-state index is 8.48. The molecule has 0 radical (unpaired) electrons. The molecule has 22 heavy (non-hydrogen) atoms. The summed E-state index contributed by atoms with van der Waals surface area (Å²) < 4.78 is 10.4. The van der Waals surface area contributed by atoms with Crippen LogP contribution < -0.4 is 9.47 Å². The van der Waals surface area contributed by atoms with Gasteiger partial charge in [-0.1, -0.05) is 24.8 Å². The highest BCUT2D eigenvalue weighted by atomic mass is 16.5. The highest BCUT2D eigenvalue weighted by Gasteiger charge is 2.04. The first kappa shape index (κ1) is 17.3. The summed E-state index contributed by atoms with van der Waals surface area (Å²) in [6.07, 6.45) is 6.76. The van der Waals surface area contributed by atoms with Crippen LogP contribution >= 0.6 is 0 Å². The Labute approximate surface area is 131 Å². The lowest BCUT2D eigenvalue weighted by Gasteiger charge is -2.08. The minimum atomic E-state index is 0.0630. The summed E-state index contributed by atoms with van der Waals surface area (Å²) in [6.45, 7) is 8.69. The van der Waals surface area contributed by atoms with E-state index in [0.29, 0.717) is 0 Å². The number of aliphatic hydroxyl groups is 1. The number of methoxy groups -OCH3 is 2. The first-order valence-corrected chi connectivity index (χ1v) is 6.65. The third-order valence-corrected chi connectivity index (χ3v) is 2.70.